The zero-order chi connectivity index (χ0) is 18.5. The van der Waals surface area contributed by atoms with Crippen molar-refractivity contribution >= 4 is 20.9 Å². The van der Waals surface area contributed by atoms with Crippen LogP contribution in [0.1, 0.15) is 24.0 Å². The lowest BCUT2D eigenvalue weighted by Crippen LogP contribution is -2.32. The molecule has 0 saturated heterocycles. The second-order valence-corrected chi connectivity index (χ2v) is 8.68. The first-order valence-corrected chi connectivity index (χ1v) is 9.82. The number of hydrogen-bond acceptors (Lipinski definition) is 2. The molecule has 1 aliphatic rings. The summed E-state index contributed by atoms with van der Waals surface area (Å²) in [4.78, 5) is 3.11. The molecule has 1 aromatic heterocycles. The van der Waals surface area contributed by atoms with Crippen molar-refractivity contribution in [3.63, 3.8) is 0 Å². The van der Waals surface area contributed by atoms with Gasteiger partial charge in [-0.3, -0.25) is 0 Å². The van der Waals surface area contributed by atoms with E-state index in [9.17, 15) is 17.2 Å². The summed E-state index contributed by atoms with van der Waals surface area (Å²) in [7, 11) is -3.73. The molecule has 0 bridgehead atoms. The van der Waals surface area contributed by atoms with E-state index in [1.807, 2.05) is 6.20 Å². The van der Waals surface area contributed by atoms with Crippen LogP contribution in [-0.2, 0) is 15.4 Å². The van der Waals surface area contributed by atoms with Gasteiger partial charge in [0.05, 0.1) is 4.90 Å². The van der Waals surface area contributed by atoms with Crippen LogP contribution in [0.15, 0.2) is 47.5 Å². The quantitative estimate of drug-likeness (QED) is 0.712. The molecule has 0 aliphatic heterocycles. The van der Waals surface area contributed by atoms with Crippen LogP contribution in [0.4, 0.5) is 8.78 Å². The Bertz CT molecular complexity index is 1100. The molecule has 26 heavy (non-hydrogen) atoms. The molecule has 2 aromatic carbocycles. The van der Waals surface area contributed by atoms with Crippen molar-refractivity contribution in [2.75, 3.05) is 6.54 Å². The van der Waals surface area contributed by atoms with Crippen LogP contribution < -0.4 is 4.72 Å². The molecular formula is C19H18F2N2O2S. The molecule has 1 saturated carbocycles. The van der Waals surface area contributed by atoms with Gasteiger partial charge in [-0.1, -0.05) is 0 Å². The Labute approximate surface area is 150 Å². The normalized spacial score (nSPS) is 16.1. The van der Waals surface area contributed by atoms with Crippen molar-refractivity contribution < 1.29 is 17.2 Å². The number of fused-ring (bicyclic) bond motifs is 1. The summed E-state index contributed by atoms with van der Waals surface area (Å²) in [5, 5.41) is 0.903. The van der Waals surface area contributed by atoms with Crippen LogP contribution >= 0.6 is 0 Å². The molecule has 1 heterocycles. The van der Waals surface area contributed by atoms with E-state index in [0.717, 1.165) is 29.9 Å². The average Bonchev–Trinajstić information content (AvgIpc) is 3.27. The fraction of sp³-hybridized carbons (Fsp3) is 0.263. The van der Waals surface area contributed by atoms with Gasteiger partial charge in [0.25, 0.3) is 0 Å². The van der Waals surface area contributed by atoms with E-state index in [1.54, 1.807) is 6.07 Å². The Kier molecular flexibility index (Phi) is 3.89. The van der Waals surface area contributed by atoms with Gasteiger partial charge >= 0.3 is 0 Å². The smallest absolute Gasteiger partial charge is 0.240 e. The van der Waals surface area contributed by atoms with Crippen molar-refractivity contribution in [2.45, 2.75) is 30.1 Å². The van der Waals surface area contributed by atoms with Crippen molar-refractivity contribution in [1.29, 1.82) is 0 Å². The number of nitrogens with one attached hydrogen (secondary N) is 2. The molecule has 2 N–H and O–H groups in total. The lowest BCUT2D eigenvalue weighted by atomic mass is 9.96. The van der Waals surface area contributed by atoms with E-state index in [2.05, 4.69) is 9.71 Å². The van der Waals surface area contributed by atoms with Crippen LogP contribution in [-0.4, -0.2) is 19.9 Å². The van der Waals surface area contributed by atoms with E-state index in [-0.39, 0.29) is 28.2 Å². The van der Waals surface area contributed by atoms with Gasteiger partial charge in [0.1, 0.15) is 11.6 Å². The lowest BCUT2D eigenvalue weighted by Gasteiger charge is -2.16. The minimum Gasteiger partial charge on any atom is -0.361 e. The topological polar surface area (TPSA) is 62.0 Å². The monoisotopic (exact) mass is 376 g/mol. The highest BCUT2D eigenvalue weighted by atomic mass is 32.2. The molecule has 4 rings (SSSR count). The maximum absolute atomic E-state index is 13.4. The Hall–Kier alpha value is -2.25. The molecule has 136 valence electrons. The van der Waals surface area contributed by atoms with Crippen LogP contribution in [0.3, 0.4) is 0 Å². The first kappa shape index (κ1) is 17.2. The molecule has 0 spiro atoms. The van der Waals surface area contributed by atoms with Crippen LogP contribution in [0, 0.1) is 18.6 Å². The minimum absolute atomic E-state index is 0.0493. The van der Waals surface area contributed by atoms with E-state index in [0.29, 0.717) is 5.52 Å². The Balaban J connectivity index is 1.59. The SMILES string of the molecule is Cc1cc(S(=O)(=O)NCC2(c3c[nH]c4cc(F)ccc34)CC2)ccc1F. The van der Waals surface area contributed by atoms with Crippen molar-refractivity contribution in [1.82, 2.24) is 9.71 Å². The maximum atomic E-state index is 13.4. The number of hydrogen-bond donors (Lipinski definition) is 2. The zero-order valence-corrected chi connectivity index (χ0v) is 15.0. The molecule has 0 atom stereocenters. The minimum atomic E-state index is -3.73. The van der Waals surface area contributed by atoms with Crippen LogP contribution in [0.2, 0.25) is 0 Å². The van der Waals surface area contributed by atoms with Crippen molar-refractivity contribution in [3.05, 3.63) is 65.4 Å². The van der Waals surface area contributed by atoms with Gasteiger partial charge in [0, 0.05) is 29.1 Å². The first-order chi connectivity index (χ1) is 12.3. The third kappa shape index (κ3) is 2.91. The summed E-state index contributed by atoms with van der Waals surface area (Å²) in [5.41, 5.74) is 1.68. The van der Waals surface area contributed by atoms with E-state index in [4.69, 9.17) is 0 Å². The summed E-state index contributed by atoms with van der Waals surface area (Å²) >= 11 is 0. The van der Waals surface area contributed by atoms with Gasteiger partial charge in [-0.05, 0) is 67.3 Å². The largest absolute Gasteiger partial charge is 0.361 e. The summed E-state index contributed by atoms with van der Waals surface area (Å²) in [6, 6.07) is 8.30. The number of aromatic amines is 1. The number of benzene rings is 2. The molecule has 7 heteroatoms. The Morgan fingerprint density at radius 3 is 2.62 bits per heavy atom. The molecular weight excluding hydrogens is 358 g/mol. The number of sulfonamides is 1. The molecule has 1 fully saturated rings. The third-order valence-corrected chi connectivity index (χ3v) is 6.51. The Morgan fingerprint density at radius 2 is 1.92 bits per heavy atom. The number of aromatic nitrogens is 1. The maximum Gasteiger partial charge on any atom is 0.240 e. The number of rotatable bonds is 5. The molecule has 3 aromatic rings. The second-order valence-electron chi connectivity index (χ2n) is 6.91. The highest BCUT2D eigenvalue weighted by Crippen LogP contribution is 2.50. The predicted octanol–water partition coefficient (Wildman–Crippen LogP) is 3.76. The molecule has 0 amide bonds. The van der Waals surface area contributed by atoms with Gasteiger partial charge in [0.15, 0.2) is 0 Å². The number of aryl methyl sites for hydroxylation is 1. The van der Waals surface area contributed by atoms with Gasteiger partial charge < -0.3 is 4.98 Å². The van der Waals surface area contributed by atoms with E-state index >= 15 is 0 Å². The van der Waals surface area contributed by atoms with Crippen LogP contribution in [0.5, 0.6) is 0 Å². The highest BCUT2D eigenvalue weighted by molar-refractivity contribution is 7.89. The third-order valence-electron chi connectivity index (χ3n) is 5.11. The van der Waals surface area contributed by atoms with Gasteiger partial charge in [0.2, 0.25) is 10.0 Å². The van der Waals surface area contributed by atoms with Gasteiger partial charge in [-0.25, -0.2) is 21.9 Å². The molecule has 0 unspecified atom stereocenters. The van der Waals surface area contributed by atoms with Crippen LogP contribution in [0.25, 0.3) is 10.9 Å². The van der Waals surface area contributed by atoms with Gasteiger partial charge in [-0.2, -0.15) is 0 Å². The fourth-order valence-corrected chi connectivity index (χ4v) is 4.54. The Morgan fingerprint density at radius 1 is 1.15 bits per heavy atom. The molecule has 1 aliphatic carbocycles. The standard InChI is InChI=1S/C19H18F2N2O2S/c1-12-8-14(3-5-17(12)21)26(24,25)23-11-19(6-7-19)16-10-22-18-9-13(20)2-4-15(16)18/h2-5,8-10,22-23H,6-7,11H2,1H3. The number of H-pyrrole nitrogens is 1. The molecule has 0 radical (unpaired) electrons. The van der Waals surface area contributed by atoms with E-state index < -0.39 is 15.8 Å². The zero-order valence-electron chi connectivity index (χ0n) is 14.1. The first-order valence-electron chi connectivity index (χ1n) is 8.34. The summed E-state index contributed by atoms with van der Waals surface area (Å²) in [6.07, 6.45) is 3.53. The van der Waals surface area contributed by atoms with E-state index in [1.165, 1.54) is 31.2 Å². The summed E-state index contributed by atoms with van der Waals surface area (Å²) < 4.78 is 54.5. The molecule has 4 nitrogen and oxygen atoms in total. The van der Waals surface area contributed by atoms with Crippen molar-refractivity contribution in [2.24, 2.45) is 0 Å². The fourth-order valence-electron chi connectivity index (χ4n) is 3.33. The number of halogens is 2. The lowest BCUT2D eigenvalue weighted by molar-refractivity contribution is 0.566. The van der Waals surface area contributed by atoms with Gasteiger partial charge in [-0.15, -0.1) is 0 Å². The average molecular weight is 376 g/mol. The predicted molar refractivity (Wildman–Crippen MR) is 95.5 cm³/mol. The summed E-state index contributed by atoms with van der Waals surface area (Å²) in [6.45, 7) is 1.78. The second kappa shape index (κ2) is 5.89. The van der Waals surface area contributed by atoms with Crippen molar-refractivity contribution in [3.8, 4) is 0 Å². The summed E-state index contributed by atoms with van der Waals surface area (Å²) in [5.74, 6) is -0.753. The highest BCUT2D eigenvalue weighted by Gasteiger charge is 2.46.